The third-order valence-corrected chi connectivity index (χ3v) is 4.36. The van der Waals surface area contributed by atoms with Crippen molar-refractivity contribution in [2.45, 2.75) is 45.7 Å². The maximum Gasteiger partial charge on any atom is 0.244 e. The van der Waals surface area contributed by atoms with Crippen LogP contribution >= 0.6 is 15.9 Å². The van der Waals surface area contributed by atoms with Crippen molar-refractivity contribution in [3.63, 3.8) is 0 Å². The number of nitrogens with one attached hydrogen (secondary N) is 1. The van der Waals surface area contributed by atoms with Crippen molar-refractivity contribution in [3.8, 4) is 0 Å². The first-order valence-electron chi connectivity index (χ1n) is 6.83. The van der Waals surface area contributed by atoms with Crippen LogP contribution in [-0.4, -0.2) is 24.5 Å². The molecule has 0 aliphatic carbocycles. The van der Waals surface area contributed by atoms with Crippen LogP contribution in [0.15, 0.2) is 22.7 Å². The van der Waals surface area contributed by atoms with Crippen molar-refractivity contribution in [3.05, 3.63) is 28.2 Å². The highest BCUT2D eigenvalue weighted by Gasteiger charge is 2.30. The maximum absolute atomic E-state index is 12.6. The lowest BCUT2D eigenvalue weighted by atomic mass is 10.0. The minimum absolute atomic E-state index is 0.0490. The molecule has 1 amide bonds. The first kappa shape index (κ1) is 14.5. The molecule has 1 aromatic carbocycles. The van der Waals surface area contributed by atoms with Crippen molar-refractivity contribution in [1.29, 1.82) is 0 Å². The molecule has 0 spiro atoms. The zero-order valence-electron chi connectivity index (χ0n) is 11.7. The molecule has 1 N–H and O–H groups in total. The van der Waals surface area contributed by atoms with E-state index in [2.05, 4.69) is 35.1 Å². The Kier molecular flexibility index (Phi) is 4.63. The Hall–Kier alpha value is -0.870. The highest BCUT2D eigenvalue weighted by molar-refractivity contribution is 9.10. The predicted molar refractivity (Wildman–Crippen MR) is 82.5 cm³/mol. The molecular formula is C15H21BrN2O. The van der Waals surface area contributed by atoms with E-state index in [0.29, 0.717) is 6.04 Å². The zero-order chi connectivity index (χ0) is 14.0. The molecule has 1 fully saturated rings. The summed E-state index contributed by atoms with van der Waals surface area (Å²) in [5.74, 6) is 0.196. The molecule has 104 valence electrons. The van der Waals surface area contributed by atoms with Crippen LogP contribution in [0, 0.1) is 6.92 Å². The minimum Gasteiger partial charge on any atom is -0.311 e. The average Bonchev–Trinajstić information content (AvgIpc) is 2.35. The fraction of sp³-hybridized carbons (Fsp3) is 0.533. The van der Waals surface area contributed by atoms with Crippen LogP contribution in [0.25, 0.3) is 0 Å². The number of anilines is 1. The van der Waals surface area contributed by atoms with Crippen LogP contribution in [0.1, 0.15) is 32.3 Å². The smallest absolute Gasteiger partial charge is 0.244 e. The number of benzene rings is 1. The van der Waals surface area contributed by atoms with Gasteiger partial charge in [-0.3, -0.25) is 4.79 Å². The first-order valence-corrected chi connectivity index (χ1v) is 7.62. The number of hydrogen-bond donors (Lipinski definition) is 1. The second-order valence-corrected chi connectivity index (χ2v) is 6.24. The van der Waals surface area contributed by atoms with Gasteiger partial charge >= 0.3 is 0 Å². The van der Waals surface area contributed by atoms with E-state index in [1.54, 1.807) is 0 Å². The molecule has 0 bridgehead atoms. The Labute approximate surface area is 123 Å². The third kappa shape index (κ3) is 3.18. The molecule has 0 saturated carbocycles. The minimum atomic E-state index is -0.0490. The highest BCUT2D eigenvalue weighted by Crippen LogP contribution is 2.29. The van der Waals surface area contributed by atoms with Gasteiger partial charge in [0.25, 0.3) is 0 Å². The van der Waals surface area contributed by atoms with Crippen molar-refractivity contribution >= 4 is 27.5 Å². The fourth-order valence-electron chi connectivity index (χ4n) is 2.56. The Morgan fingerprint density at radius 3 is 2.84 bits per heavy atom. The van der Waals surface area contributed by atoms with E-state index in [0.717, 1.165) is 35.1 Å². The van der Waals surface area contributed by atoms with Crippen LogP contribution in [-0.2, 0) is 4.79 Å². The molecule has 3 nitrogen and oxygen atoms in total. The van der Waals surface area contributed by atoms with Crippen molar-refractivity contribution in [2.24, 2.45) is 0 Å². The van der Waals surface area contributed by atoms with Gasteiger partial charge in [-0.25, -0.2) is 0 Å². The van der Waals surface area contributed by atoms with Crippen molar-refractivity contribution < 1.29 is 4.79 Å². The second-order valence-electron chi connectivity index (χ2n) is 5.39. The summed E-state index contributed by atoms with van der Waals surface area (Å²) in [5.41, 5.74) is 2.15. The van der Waals surface area contributed by atoms with Gasteiger partial charge in [-0.2, -0.15) is 0 Å². The topological polar surface area (TPSA) is 32.3 Å². The molecule has 4 heteroatoms. The van der Waals surface area contributed by atoms with E-state index in [9.17, 15) is 4.79 Å². The van der Waals surface area contributed by atoms with Gasteiger partial charge in [0, 0.05) is 22.7 Å². The summed E-state index contributed by atoms with van der Waals surface area (Å²) in [6.07, 6.45) is 1.97. The molecule has 1 aliphatic heterocycles. The molecule has 1 saturated heterocycles. The number of hydrogen-bond acceptors (Lipinski definition) is 2. The lowest BCUT2D eigenvalue weighted by Crippen LogP contribution is -2.52. The standard InChI is InChI=1S/C15H21BrN2O/c1-10(2)17-13-7-5-9-18(15(13)19)14-8-4-6-12(16)11(14)3/h4,6,8,10,13,17H,5,7,9H2,1-3H3. The molecule has 19 heavy (non-hydrogen) atoms. The Balaban J connectivity index is 2.24. The molecule has 1 heterocycles. The van der Waals surface area contributed by atoms with E-state index in [-0.39, 0.29) is 11.9 Å². The molecule has 1 unspecified atom stereocenters. The second kappa shape index (κ2) is 6.06. The van der Waals surface area contributed by atoms with E-state index in [1.165, 1.54) is 0 Å². The van der Waals surface area contributed by atoms with E-state index < -0.39 is 0 Å². The fourth-order valence-corrected chi connectivity index (χ4v) is 2.92. The van der Waals surface area contributed by atoms with Crippen LogP contribution in [0.3, 0.4) is 0 Å². The number of piperidine rings is 1. The van der Waals surface area contributed by atoms with E-state index in [1.807, 2.05) is 30.0 Å². The Morgan fingerprint density at radius 2 is 2.16 bits per heavy atom. The SMILES string of the molecule is Cc1c(Br)cccc1N1CCCC(NC(C)C)C1=O. The molecule has 0 aromatic heterocycles. The summed E-state index contributed by atoms with van der Waals surface area (Å²) in [6.45, 7) is 7.02. The normalized spacial score (nSPS) is 20.2. The molecule has 1 atom stereocenters. The number of carbonyl (C=O) groups excluding carboxylic acids is 1. The number of nitrogens with zero attached hydrogens (tertiary/aromatic N) is 1. The molecule has 1 aliphatic rings. The molecule has 0 radical (unpaired) electrons. The monoisotopic (exact) mass is 324 g/mol. The van der Waals surface area contributed by atoms with Crippen LogP contribution in [0.4, 0.5) is 5.69 Å². The van der Waals surface area contributed by atoms with Gasteiger partial charge in [-0.1, -0.05) is 35.8 Å². The molecular weight excluding hydrogens is 304 g/mol. The largest absolute Gasteiger partial charge is 0.311 e. The summed E-state index contributed by atoms with van der Waals surface area (Å²) < 4.78 is 1.05. The summed E-state index contributed by atoms with van der Waals surface area (Å²) in [5, 5.41) is 3.36. The van der Waals surface area contributed by atoms with Crippen molar-refractivity contribution in [1.82, 2.24) is 5.32 Å². The lowest BCUT2D eigenvalue weighted by Gasteiger charge is -2.34. The summed E-state index contributed by atoms with van der Waals surface area (Å²) in [6, 6.07) is 6.30. The van der Waals surface area contributed by atoms with Crippen molar-refractivity contribution in [2.75, 3.05) is 11.4 Å². The van der Waals surface area contributed by atoms with Gasteiger partial charge in [0.05, 0.1) is 6.04 Å². The highest BCUT2D eigenvalue weighted by atomic mass is 79.9. The lowest BCUT2D eigenvalue weighted by molar-refractivity contribution is -0.121. The number of halogens is 1. The van der Waals surface area contributed by atoms with Crippen LogP contribution in [0.2, 0.25) is 0 Å². The van der Waals surface area contributed by atoms with Gasteiger partial charge in [-0.05, 0) is 37.5 Å². The van der Waals surface area contributed by atoms with E-state index >= 15 is 0 Å². The van der Waals surface area contributed by atoms with Crippen LogP contribution < -0.4 is 10.2 Å². The number of amides is 1. The van der Waals surface area contributed by atoms with Crippen LogP contribution in [0.5, 0.6) is 0 Å². The number of rotatable bonds is 3. The van der Waals surface area contributed by atoms with E-state index in [4.69, 9.17) is 0 Å². The summed E-state index contributed by atoms with van der Waals surface area (Å²) in [7, 11) is 0. The van der Waals surface area contributed by atoms with Gasteiger partial charge in [0.2, 0.25) is 5.91 Å². The Morgan fingerprint density at radius 1 is 1.42 bits per heavy atom. The third-order valence-electron chi connectivity index (χ3n) is 3.50. The van der Waals surface area contributed by atoms with Gasteiger partial charge in [0.15, 0.2) is 0 Å². The first-order chi connectivity index (χ1) is 9.00. The Bertz CT molecular complexity index is 473. The molecule has 1 aromatic rings. The summed E-state index contributed by atoms with van der Waals surface area (Å²) >= 11 is 3.53. The maximum atomic E-state index is 12.6. The number of carbonyl (C=O) groups is 1. The van der Waals surface area contributed by atoms with Gasteiger partial charge in [-0.15, -0.1) is 0 Å². The summed E-state index contributed by atoms with van der Waals surface area (Å²) in [4.78, 5) is 14.5. The van der Waals surface area contributed by atoms with Gasteiger partial charge < -0.3 is 10.2 Å². The van der Waals surface area contributed by atoms with Gasteiger partial charge in [0.1, 0.15) is 0 Å². The quantitative estimate of drug-likeness (QED) is 0.925. The predicted octanol–water partition coefficient (Wildman–Crippen LogP) is 3.25. The average molecular weight is 325 g/mol. The zero-order valence-corrected chi connectivity index (χ0v) is 13.3. The molecule has 2 rings (SSSR count).